The van der Waals surface area contributed by atoms with E-state index in [0.29, 0.717) is 18.4 Å². The molecular weight excluding hydrogens is 452 g/mol. The summed E-state index contributed by atoms with van der Waals surface area (Å²) in [6.45, 7) is 7.44. The lowest BCUT2D eigenvalue weighted by atomic mass is 10.0. The first kappa shape index (κ1) is 27.6. The Morgan fingerprint density at radius 1 is 0.971 bits per heavy atom. The van der Waals surface area contributed by atoms with Crippen LogP contribution >= 0.6 is 0 Å². The number of hydrogen-bond acceptors (Lipinski definition) is 5. The number of nitrogens with two attached hydrogens (primary N) is 2. The number of rotatable bonds is 14. The first-order chi connectivity index (χ1) is 16.9. The van der Waals surface area contributed by atoms with Gasteiger partial charge in [-0.2, -0.15) is 0 Å². The molecule has 8 N–H and O–H groups in total. The molecule has 35 heavy (non-hydrogen) atoms. The molecule has 6 amide bonds. The van der Waals surface area contributed by atoms with Crippen molar-refractivity contribution in [3.05, 3.63) is 35.4 Å². The van der Waals surface area contributed by atoms with Gasteiger partial charge in [0, 0.05) is 24.6 Å². The highest BCUT2D eigenvalue weighted by atomic mass is 16.2. The van der Waals surface area contributed by atoms with Crippen molar-refractivity contribution < 1.29 is 25.4 Å². The summed E-state index contributed by atoms with van der Waals surface area (Å²) in [5.74, 6) is -2.15. The summed E-state index contributed by atoms with van der Waals surface area (Å²) < 4.78 is 7.10. The third-order valence-corrected chi connectivity index (χ3v) is 5.36. The van der Waals surface area contributed by atoms with Crippen molar-refractivity contribution in [3.8, 4) is 0 Å². The lowest BCUT2D eigenvalue weighted by Gasteiger charge is -2.25. The molecule has 0 bridgehead atoms. The number of hydrogen-bond donors (Lipinski definition) is 6. The standard InChI is InChI=1S/C24H38N6O5/c1-14(2)20(23(34)29-18(21(25)32)6-5-13-27-24(26)35)30-19(31)12-9-16(4)28-22(33)17-10-7-15(3)8-11-17/h7-8,10-11,14,16,18,20H,5-6,9,12-13H2,1-4H3,(H2,25,32)(H,28,33)(H,29,34)(H,30,31)(H3,26,27,35)/t16?,18-,20-/m1/s1/i/hD. The van der Waals surface area contributed by atoms with Crippen LogP contribution in [0.1, 0.15) is 62.4 Å². The van der Waals surface area contributed by atoms with Crippen LogP contribution < -0.4 is 32.7 Å². The molecule has 1 unspecified atom stereocenters. The van der Waals surface area contributed by atoms with E-state index in [2.05, 4.69) is 21.3 Å². The number of primary amides is 2. The molecule has 0 spiro atoms. The number of benzene rings is 1. The van der Waals surface area contributed by atoms with Gasteiger partial charge in [0.05, 0.1) is 0 Å². The fourth-order valence-electron chi connectivity index (χ4n) is 3.26. The van der Waals surface area contributed by atoms with E-state index in [1.807, 2.05) is 19.1 Å². The van der Waals surface area contributed by atoms with Gasteiger partial charge < -0.3 is 32.7 Å². The Hall–Kier alpha value is -3.63. The third kappa shape index (κ3) is 11.4. The lowest BCUT2D eigenvalue weighted by molar-refractivity contribution is -0.132. The van der Waals surface area contributed by atoms with Gasteiger partial charge in [-0.05, 0) is 51.2 Å². The molecule has 11 heteroatoms. The molecule has 0 saturated carbocycles. The van der Waals surface area contributed by atoms with Crippen molar-refractivity contribution in [2.24, 2.45) is 17.4 Å². The SMILES string of the molecule is [2H]NC(=O)[C@@H](CCCNC(N)=O)NC(=O)[C@H](NC(=O)CCC(C)NC(=O)c1ccc(C)cc1)C(C)C. The molecule has 0 aliphatic rings. The number of amides is 6. The van der Waals surface area contributed by atoms with Crippen LogP contribution in [0.4, 0.5) is 4.79 Å². The van der Waals surface area contributed by atoms with Gasteiger partial charge in [-0.3, -0.25) is 19.2 Å². The average Bonchev–Trinajstić information content (AvgIpc) is 2.82. The van der Waals surface area contributed by atoms with E-state index < -0.39 is 29.9 Å². The second-order valence-electron chi connectivity index (χ2n) is 8.93. The van der Waals surface area contributed by atoms with Gasteiger partial charge in [0.15, 0.2) is 1.41 Å². The van der Waals surface area contributed by atoms with Gasteiger partial charge in [0.25, 0.3) is 5.91 Å². The molecule has 1 rings (SSSR count). The minimum atomic E-state index is -1.01. The number of nitrogens with one attached hydrogen (secondary N) is 4. The molecule has 1 aromatic carbocycles. The molecule has 0 saturated heterocycles. The maximum absolute atomic E-state index is 12.8. The minimum Gasteiger partial charge on any atom is -0.368 e. The van der Waals surface area contributed by atoms with Crippen LogP contribution in [0.5, 0.6) is 0 Å². The molecule has 3 atom stereocenters. The van der Waals surface area contributed by atoms with Gasteiger partial charge in [-0.1, -0.05) is 31.5 Å². The summed E-state index contributed by atoms with van der Waals surface area (Å²) in [5.41, 5.74) is 8.34. The van der Waals surface area contributed by atoms with E-state index >= 15 is 0 Å². The summed E-state index contributed by atoms with van der Waals surface area (Å²) >= 11 is 0. The Balaban J connectivity index is 2.61. The summed E-state index contributed by atoms with van der Waals surface area (Å²) in [6, 6.07) is 4.28. The first-order valence-corrected chi connectivity index (χ1v) is 11.7. The van der Waals surface area contributed by atoms with E-state index in [1.54, 1.807) is 38.6 Å². The normalized spacial score (nSPS) is 13.6. The quantitative estimate of drug-likeness (QED) is 0.206. The van der Waals surface area contributed by atoms with Crippen molar-refractivity contribution in [3.63, 3.8) is 0 Å². The highest BCUT2D eigenvalue weighted by molar-refractivity contribution is 5.94. The smallest absolute Gasteiger partial charge is 0.312 e. The van der Waals surface area contributed by atoms with Gasteiger partial charge in [-0.15, -0.1) is 0 Å². The molecule has 0 aromatic heterocycles. The van der Waals surface area contributed by atoms with Gasteiger partial charge in [0.2, 0.25) is 17.7 Å². The molecular formula is C24H38N6O5. The van der Waals surface area contributed by atoms with Crippen molar-refractivity contribution in [1.29, 1.82) is 0 Å². The van der Waals surface area contributed by atoms with E-state index in [4.69, 9.17) is 7.15 Å². The summed E-state index contributed by atoms with van der Waals surface area (Å²) in [7, 11) is 0. The zero-order chi connectivity index (χ0) is 27.3. The number of carbonyl (C=O) groups is 5. The molecule has 0 heterocycles. The van der Waals surface area contributed by atoms with E-state index in [9.17, 15) is 24.0 Å². The Morgan fingerprint density at radius 3 is 2.20 bits per heavy atom. The monoisotopic (exact) mass is 491 g/mol. The second kappa shape index (κ2) is 14.6. The molecule has 0 radical (unpaired) electrons. The number of aryl methyl sites for hydroxylation is 1. The van der Waals surface area contributed by atoms with Crippen LogP contribution in [-0.4, -0.2) is 54.3 Å². The van der Waals surface area contributed by atoms with Crippen LogP contribution in [0.2, 0.25) is 1.41 Å². The highest BCUT2D eigenvalue weighted by Gasteiger charge is 2.28. The van der Waals surface area contributed by atoms with Crippen molar-refractivity contribution in [1.82, 2.24) is 21.3 Å². The number of urea groups is 1. The predicted octanol–water partition coefficient (Wildman–Crippen LogP) is 0.453. The molecule has 0 aliphatic heterocycles. The maximum atomic E-state index is 12.8. The lowest BCUT2D eigenvalue weighted by Crippen LogP contribution is -2.54. The van der Waals surface area contributed by atoms with Crippen molar-refractivity contribution >= 4 is 29.7 Å². The largest absolute Gasteiger partial charge is 0.368 e. The molecule has 0 fully saturated rings. The summed E-state index contributed by atoms with van der Waals surface area (Å²) in [6.07, 6.45) is 0.952. The molecule has 1 aromatic rings. The second-order valence-corrected chi connectivity index (χ2v) is 8.93. The van der Waals surface area contributed by atoms with E-state index in [-0.39, 0.29) is 43.2 Å². The Bertz CT molecular complexity index is 909. The van der Waals surface area contributed by atoms with Gasteiger partial charge in [-0.25, -0.2) is 4.79 Å². The number of carbonyl (C=O) groups excluding carboxylic acids is 5. The average molecular weight is 492 g/mol. The van der Waals surface area contributed by atoms with Crippen LogP contribution in [0.25, 0.3) is 0 Å². The molecule has 11 nitrogen and oxygen atoms in total. The van der Waals surface area contributed by atoms with Crippen LogP contribution in [0.3, 0.4) is 0 Å². The Kier molecular flexibility index (Phi) is 11.5. The zero-order valence-electron chi connectivity index (χ0n) is 21.8. The fraction of sp³-hybridized carbons (Fsp3) is 0.542. The topological polar surface area (TPSA) is 186 Å². The minimum absolute atomic E-state index is 0.0846. The predicted molar refractivity (Wildman–Crippen MR) is 132 cm³/mol. The van der Waals surface area contributed by atoms with Gasteiger partial charge in [0.1, 0.15) is 12.1 Å². The van der Waals surface area contributed by atoms with E-state index in [1.165, 1.54) is 0 Å². The summed E-state index contributed by atoms with van der Waals surface area (Å²) in [5, 5.41) is 10.5. The first-order valence-electron chi connectivity index (χ1n) is 12.2. The maximum Gasteiger partial charge on any atom is 0.312 e. The highest BCUT2D eigenvalue weighted by Crippen LogP contribution is 2.07. The van der Waals surface area contributed by atoms with Crippen molar-refractivity contribution in [2.75, 3.05) is 6.54 Å². The van der Waals surface area contributed by atoms with Crippen molar-refractivity contribution in [2.45, 2.75) is 71.5 Å². The Labute approximate surface area is 207 Å². The molecule has 194 valence electrons. The zero-order valence-corrected chi connectivity index (χ0v) is 20.8. The fourth-order valence-corrected chi connectivity index (χ4v) is 3.26. The molecule has 0 aliphatic carbocycles. The third-order valence-electron chi connectivity index (χ3n) is 5.36. The van der Waals surface area contributed by atoms with Gasteiger partial charge >= 0.3 is 6.03 Å². The Morgan fingerprint density at radius 2 is 1.63 bits per heavy atom. The van der Waals surface area contributed by atoms with E-state index in [0.717, 1.165) is 5.56 Å². The van der Waals surface area contributed by atoms with Crippen LogP contribution in [-0.2, 0) is 14.4 Å². The van der Waals surface area contributed by atoms with Crippen LogP contribution in [0, 0.1) is 12.8 Å². The van der Waals surface area contributed by atoms with Crippen LogP contribution in [0.15, 0.2) is 24.3 Å². The summed E-state index contributed by atoms with van der Waals surface area (Å²) in [4.78, 5) is 60.5.